The van der Waals surface area contributed by atoms with E-state index in [0.717, 1.165) is 31.0 Å². The summed E-state index contributed by atoms with van der Waals surface area (Å²) >= 11 is 0. The molecular weight excluding hydrogens is 286 g/mol. The molecule has 5 heteroatoms. The van der Waals surface area contributed by atoms with Gasteiger partial charge >= 0.3 is 0 Å². The molecule has 1 N–H and O–H groups in total. The van der Waals surface area contributed by atoms with Crippen molar-refractivity contribution in [3.8, 4) is 0 Å². The molecule has 120 valence electrons. The predicted molar refractivity (Wildman–Crippen MR) is 92.5 cm³/mol. The molecule has 2 heterocycles. The topological polar surface area (TPSA) is 47.7 Å². The van der Waals surface area contributed by atoms with Crippen LogP contribution in [0.25, 0.3) is 0 Å². The summed E-state index contributed by atoms with van der Waals surface area (Å²) in [5.74, 6) is 0. The van der Waals surface area contributed by atoms with Crippen LogP contribution in [0.15, 0.2) is 42.7 Å². The molecule has 0 spiro atoms. The molecule has 0 saturated heterocycles. The first kappa shape index (κ1) is 15.3. The van der Waals surface area contributed by atoms with E-state index in [9.17, 15) is 0 Å². The van der Waals surface area contributed by atoms with Gasteiger partial charge in [-0.1, -0.05) is 12.1 Å². The zero-order valence-electron chi connectivity index (χ0n) is 14.0. The molecule has 3 rings (SSSR count). The molecule has 1 aromatic carbocycles. The van der Waals surface area contributed by atoms with Crippen molar-refractivity contribution in [1.29, 1.82) is 0 Å². The quantitative estimate of drug-likeness (QED) is 0.759. The van der Waals surface area contributed by atoms with E-state index >= 15 is 0 Å². The van der Waals surface area contributed by atoms with Gasteiger partial charge in [0.1, 0.15) is 0 Å². The van der Waals surface area contributed by atoms with E-state index in [1.165, 1.54) is 16.8 Å². The summed E-state index contributed by atoms with van der Waals surface area (Å²) in [6.45, 7) is 8.68. The third kappa shape index (κ3) is 3.80. The van der Waals surface area contributed by atoms with Crippen molar-refractivity contribution >= 4 is 5.69 Å². The molecule has 0 aliphatic carbocycles. The largest absolute Gasteiger partial charge is 0.381 e. The van der Waals surface area contributed by atoms with Crippen LogP contribution in [-0.2, 0) is 19.6 Å². The van der Waals surface area contributed by atoms with Crippen LogP contribution < -0.4 is 5.32 Å². The van der Waals surface area contributed by atoms with Gasteiger partial charge in [-0.05, 0) is 44.5 Å². The number of hydrogen-bond donors (Lipinski definition) is 1. The number of benzene rings is 1. The normalized spacial score (nSPS) is 10.9. The van der Waals surface area contributed by atoms with Crippen molar-refractivity contribution in [2.75, 3.05) is 5.32 Å². The first-order valence-electron chi connectivity index (χ1n) is 7.99. The summed E-state index contributed by atoms with van der Waals surface area (Å²) in [7, 11) is 0. The monoisotopic (exact) mass is 309 g/mol. The van der Waals surface area contributed by atoms with Crippen LogP contribution in [0.1, 0.15) is 29.4 Å². The highest BCUT2D eigenvalue weighted by Gasteiger charge is 2.03. The highest BCUT2D eigenvalue weighted by molar-refractivity contribution is 5.46. The molecule has 0 atom stereocenters. The fourth-order valence-corrected chi connectivity index (χ4v) is 2.66. The van der Waals surface area contributed by atoms with Gasteiger partial charge in [0.05, 0.1) is 18.4 Å². The van der Waals surface area contributed by atoms with Crippen LogP contribution in [0.4, 0.5) is 5.69 Å². The minimum Gasteiger partial charge on any atom is -0.381 e. The third-order valence-electron chi connectivity index (χ3n) is 3.87. The van der Waals surface area contributed by atoms with E-state index in [-0.39, 0.29) is 0 Å². The van der Waals surface area contributed by atoms with Gasteiger partial charge in [-0.2, -0.15) is 10.2 Å². The number of aryl methyl sites for hydroxylation is 3. The molecule has 0 aliphatic heterocycles. The zero-order valence-corrected chi connectivity index (χ0v) is 14.0. The van der Waals surface area contributed by atoms with E-state index in [0.29, 0.717) is 0 Å². The van der Waals surface area contributed by atoms with Crippen LogP contribution in [0.3, 0.4) is 0 Å². The van der Waals surface area contributed by atoms with E-state index in [2.05, 4.69) is 65.9 Å². The Kier molecular flexibility index (Phi) is 4.46. The Morgan fingerprint density at radius 1 is 1.13 bits per heavy atom. The van der Waals surface area contributed by atoms with E-state index < -0.39 is 0 Å². The molecule has 0 unspecified atom stereocenters. The van der Waals surface area contributed by atoms with Gasteiger partial charge in [0.15, 0.2) is 0 Å². The average molecular weight is 309 g/mol. The molecule has 0 aliphatic rings. The Bertz CT molecular complexity index is 784. The van der Waals surface area contributed by atoms with Gasteiger partial charge < -0.3 is 5.32 Å². The van der Waals surface area contributed by atoms with Crippen molar-refractivity contribution in [3.05, 3.63) is 65.2 Å². The summed E-state index contributed by atoms with van der Waals surface area (Å²) in [6.07, 6.45) is 3.99. The molecule has 0 radical (unpaired) electrons. The number of nitrogens with zero attached hydrogens (tertiary/aromatic N) is 4. The smallest absolute Gasteiger partial charge is 0.0663 e. The lowest BCUT2D eigenvalue weighted by molar-refractivity contribution is 0.659. The fourth-order valence-electron chi connectivity index (χ4n) is 2.66. The molecule has 0 bridgehead atoms. The van der Waals surface area contributed by atoms with Crippen LogP contribution in [0.2, 0.25) is 0 Å². The van der Waals surface area contributed by atoms with Gasteiger partial charge in [-0.25, -0.2) is 0 Å². The van der Waals surface area contributed by atoms with E-state index in [4.69, 9.17) is 0 Å². The van der Waals surface area contributed by atoms with Gasteiger partial charge in [0.2, 0.25) is 0 Å². The molecule has 0 amide bonds. The standard InChI is InChI=1S/C18H23N5/c1-4-22-12-17(11-20-22)10-19-18-7-5-6-16(9-18)13-23-15(3)8-14(2)21-23/h5-9,11-12,19H,4,10,13H2,1-3H3. The summed E-state index contributed by atoms with van der Waals surface area (Å²) in [5, 5.41) is 12.3. The second-order valence-corrected chi connectivity index (χ2v) is 5.84. The number of aromatic nitrogens is 4. The SMILES string of the molecule is CCn1cc(CNc2cccc(Cn3nc(C)cc3C)c2)cn1. The lowest BCUT2D eigenvalue weighted by Gasteiger charge is -2.09. The Morgan fingerprint density at radius 2 is 2.00 bits per heavy atom. The predicted octanol–water partition coefficient (Wildman–Crippen LogP) is 3.38. The molecule has 5 nitrogen and oxygen atoms in total. The molecule has 0 fully saturated rings. The van der Waals surface area contributed by atoms with Crippen LogP contribution in [0.5, 0.6) is 0 Å². The van der Waals surface area contributed by atoms with Gasteiger partial charge in [0.25, 0.3) is 0 Å². The Balaban J connectivity index is 1.66. The Hall–Kier alpha value is -2.56. The molecule has 3 aromatic rings. The lowest BCUT2D eigenvalue weighted by Crippen LogP contribution is -2.05. The zero-order chi connectivity index (χ0) is 16.2. The summed E-state index contributed by atoms with van der Waals surface area (Å²) in [5.41, 5.74) is 5.80. The summed E-state index contributed by atoms with van der Waals surface area (Å²) in [6, 6.07) is 10.6. The third-order valence-corrected chi connectivity index (χ3v) is 3.87. The Morgan fingerprint density at radius 3 is 2.70 bits per heavy atom. The van der Waals surface area contributed by atoms with Gasteiger partial charge in [0, 0.05) is 36.2 Å². The van der Waals surface area contributed by atoms with Gasteiger partial charge in [-0.3, -0.25) is 9.36 Å². The Labute approximate surface area is 136 Å². The maximum Gasteiger partial charge on any atom is 0.0663 e. The number of rotatable bonds is 6. The van der Waals surface area contributed by atoms with Crippen LogP contribution in [-0.4, -0.2) is 19.6 Å². The van der Waals surface area contributed by atoms with Crippen molar-refractivity contribution in [3.63, 3.8) is 0 Å². The van der Waals surface area contributed by atoms with Crippen molar-refractivity contribution < 1.29 is 0 Å². The number of anilines is 1. The van der Waals surface area contributed by atoms with Crippen molar-refractivity contribution in [2.45, 2.75) is 40.4 Å². The van der Waals surface area contributed by atoms with Crippen molar-refractivity contribution in [1.82, 2.24) is 19.6 Å². The van der Waals surface area contributed by atoms with Crippen LogP contribution >= 0.6 is 0 Å². The van der Waals surface area contributed by atoms with E-state index in [1.54, 1.807) is 0 Å². The fraction of sp³-hybridized carbons (Fsp3) is 0.333. The molecular formula is C18H23N5. The second kappa shape index (κ2) is 6.69. The average Bonchev–Trinajstić information content (AvgIpc) is 3.12. The van der Waals surface area contributed by atoms with Gasteiger partial charge in [-0.15, -0.1) is 0 Å². The molecule has 0 saturated carbocycles. The minimum absolute atomic E-state index is 0.781. The summed E-state index contributed by atoms with van der Waals surface area (Å²) < 4.78 is 3.98. The highest BCUT2D eigenvalue weighted by Crippen LogP contribution is 2.14. The molecule has 23 heavy (non-hydrogen) atoms. The number of hydrogen-bond acceptors (Lipinski definition) is 3. The summed E-state index contributed by atoms with van der Waals surface area (Å²) in [4.78, 5) is 0. The number of nitrogens with one attached hydrogen (secondary N) is 1. The first-order chi connectivity index (χ1) is 11.1. The maximum absolute atomic E-state index is 4.53. The maximum atomic E-state index is 4.53. The lowest BCUT2D eigenvalue weighted by atomic mass is 10.2. The van der Waals surface area contributed by atoms with Crippen molar-refractivity contribution in [2.24, 2.45) is 0 Å². The molecule has 2 aromatic heterocycles. The highest BCUT2D eigenvalue weighted by atomic mass is 15.3. The van der Waals surface area contributed by atoms with E-state index in [1.807, 2.05) is 22.5 Å². The first-order valence-corrected chi connectivity index (χ1v) is 7.99. The van der Waals surface area contributed by atoms with Crippen LogP contribution in [0, 0.1) is 13.8 Å². The second-order valence-electron chi connectivity index (χ2n) is 5.84. The minimum atomic E-state index is 0.781.